The van der Waals surface area contributed by atoms with E-state index in [1.807, 2.05) is 18.2 Å². The minimum absolute atomic E-state index is 0.144. The van der Waals surface area contributed by atoms with Crippen molar-refractivity contribution in [2.75, 3.05) is 24.5 Å². The summed E-state index contributed by atoms with van der Waals surface area (Å²) in [5, 5.41) is 2.94. The van der Waals surface area contributed by atoms with Gasteiger partial charge in [-0.15, -0.1) is 0 Å². The van der Waals surface area contributed by atoms with Crippen LogP contribution in [0.4, 0.5) is 5.69 Å². The first-order valence-corrected chi connectivity index (χ1v) is 7.49. The van der Waals surface area contributed by atoms with Crippen LogP contribution in [0.1, 0.15) is 16.8 Å². The number of aromatic nitrogens is 1. The molecule has 0 unspecified atom stereocenters. The van der Waals surface area contributed by atoms with Crippen LogP contribution in [-0.2, 0) is 0 Å². The third-order valence-corrected chi connectivity index (χ3v) is 4.00. The number of carbonyl (C=O) groups is 1. The lowest BCUT2D eigenvalue weighted by molar-refractivity contribution is 0.0948. The first-order valence-electron chi connectivity index (χ1n) is 7.49. The number of amides is 1. The number of H-pyrrole nitrogens is 1. The van der Waals surface area contributed by atoms with E-state index >= 15 is 0 Å². The Labute approximate surface area is 129 Å². The molecule has 22 heavy (non-hydrogen) atoms. The zero-order valence-corrected chi connectivity index (χ0v) is 12.3. The minimum Gasteiger partial charge on any atom is -0.371 e. The van der Waals surface area contributed by atoms with Gasteiger partial charge in [0.25, 0.3) is 5.91 Å². The number of hydrogen-bond donors (Lipinski definition) is 2. The molecule has 2 aromatic rings. The quantitative estimate of drug-likeness (QED) is 0.901. The number of nitrogens with zero attached hydrogens (tertiary/aromatic N) is 1. The number of rotatable bonds is 4. The molecule has 2 N–H and O–H groups in total. The highest BCUT2D eigenvalue weighted by atomic mass is 16.1. The number of para-hydroxylation sites is 1. The van der Waals surface area contributed by atoms with Crippen LogP contribution in [0.3, 0.4) is 0 Å². The van der Waals surface area contributed by atoms with Gasteiger partial charge in [0.05, 0.1) is 5.56 Å². The maximum atomic E-state index is 12.0. The van der Waals surface area contributed by atoms with E-state index in [2.05, 4.69) is 27.3 Å². The minimum atomic E-state index is -0.203. The molecule has 0 spiro atoms. The number of aromatic amines is 1. The molecular formula is C17H19N3O2. The lowest BCUT2D eigenvalue weighted by atomic mass is 10.1. The first kappa shape index (κ1) is 14.4. The van der Waals surface area contributed by atoms with Gasteiger partial charge in [0.2, 0.25) is 5.56 Å². The van der Waals surface area contributed by atoms with Crippen molar-refractivity contribution in [1.82, 2.24) is 10.3 Å². The number of benzene rings is 1. The van der Waals surface area contributed by atoms with Crippen LogP contribution >= 0.6 is 0 Å². The van der Waals surface area contributed by atoms with Crippen LogP contribution in [0.5, 0.6) is 0 Å². The van der Waals surface area contributed by atoms with E-state index in [9.17, 15) is 9.59 Å². The monoisotopic (exact) mass is 297 g/mol. The molecule has 2 heterocycles. The molecule has 0 saturated carbocycles. The average Bonchev–Trinajstić information content (AvgIpc) is 3.03. The molecule has 1 atom stereocenters. The molecule has 3 rings (SSSR count). The summed E-state index contributed by atoms with van der Waals surface area (Å²) < 4.78 is 0. The molecule has 114 valence electrons. The summed E-state index contributed by atoms with van der Waals surface area (Å²) in [7, 11) is 0. The predicted molar refractivity (Wildman–Crippen MR) is 86.2 cm³/mol. The maximum absolute atomic E-state index is 12.0. The molecule has 0 bridgehead atoms. The summed E-state index contributed by atoms with van der Waals surface area (Å²) in [5.74, 6) is 0.307. The van der Waals surface area contributed by atoms with Gasteiger partial charge in [0, 0.05) is 37.6 Å². The summed E-state index contributed by atoms with van der Waals surface area (Å²) in [6.45, 7) is 2.63. The lowest BCUT2D eigenvalue weighted by Gasteiger charge is -2.18. The van der Waals surface area contributed by atoms with E-state index in [1.165, 1.54) is 18.0 Å². The van der Waals surface area contributed by atoms with Gasteiger partial charge in [-0.1, -0.05) is 18.2 Å². The Kier molecular flexibility index (Phi) is 4.23. The van der Waals surface area contributed by atoms with E-state index < -0.39 is 0 Å². The highest BCUT2D eigenvalue weighted by Gasteiger charge is 2.23. The number of hydrogen-bond acceptors (Lipinski definition) is 3. The SMILES string of the molecule is O=C(NC[C@H]1CCN(c2ccccc2)C1)c1ccc(=O)[nH]c1. The van der Waals surface area contributed by atoms with Gasteiger partial charge < -0.3 is 15.2 Å². The number of anilines is 1. The number of carbonyl (C=O) groups excluding carboxylic acids is 1. The summed E-state index contributed by atoms with van der Waals surface area (Å²) in [5.41, 5.74) is 1.51. The molecule has 1 aromatic carbocycles. The van der Waals surface area contributed by atoms with Gasteiger partial charge in [0.1, 0.15) is 0 Å². The van der Waals surface area contributed by atoms with Crippen molar-refractivity contribution in [3.05, 3.63) is 64.6 Å². The van der Waals surface area contributed by atoms with Crippen LogP contribution in [-0.4, -0.2) is 30.5 Å². The Balaban J connectivity index is 1.51. The Morgan fingerprint density at radius 3 is 2.77 bits per heavy atom. The fourth-order valence-electron chi connectivity index (χ4n) is 2.76. The second kappa shape index (κ2) is 6.47. The zero-order chi connectivity index (χ0) is 15.4. The molecule has 1 amide bonds. The molecule has 5 nitrogen and oxygen atoms in total. The zero-order valence-electron chi connectivity index (χ0n) is 12.3. The Morgan fingerprint density at radius 1 is 1.23 bits per heavy atom. The van der Waals surface area contributed by atoms with Gasteiger partial charge in [0.15, 0.2) is 0 Å². The van der Waals surface area contributed by atoms with E-state index in [-0.39, 0.29) is 11.5 Å². The molecule has 5 heteroatoms. The summed E-state index contributed by atoms with van der Waals surface area (Å²) >= 11 is 0. The molecule has 1 aliphatic rings. The Morgan fingerprint density at radius 2 is 2.05 bits per heavy atom. The van der Waals surface area contributed by atoms with Crippen LogP contribution in [0, 0.1) is 5.92 Å². The summed E-state index contributed by atoms with van der Waals surface area (Å²) in [6, 6.07) is 13.2. The third-order valence-electron chi connectivity index (χ3n) is 4.00. The van der Waals surface area contributed by atoms with E-state index in [0.29, 0.717) is 18.0 Å². The fourth-order valence-corrected chi connectivity index (χ4v) is 2.76. The molecule has 1 saturated heterocycles. The van der Waals surface area contributed by atoms with Crippen molar-refractivity contribution in [1.29, 1.82) is 0 Å². The molecule has 0 aliphatic carbocycles. The molecule has 1 aliphatic heterocycles. The van der Waals surface area contributed by atoms with Crippen molar-refractivity contribution < 1.29 is 4.79 Å². The van der Waals surface area contributed by atoms with Gasteiger partial charge in [-0.3, -0.25) is 9.59 Å². The fraction of sp³-hybridized carbons (Fsp3) is 0.294. The standard InChI is InChI=1S/C17H19N3O2/c21-16-7-6-14(11-18-16)17(22)19-10-13-8-9-20(12-13)15-4-2-1-3-5-15/h1-7,11,13H,8-10,12H2,(H,18,21)(H,19,22)/t13-/m1/s1. The molecule has 0 radical (unpaired) electrons. The van der Waals surface area contributed by atoms with Crippen molar-refractivity contribution in [3.8, 4) is 0 Å². The van der Waals surface area contributed by atoms with E-state index in [0.717, 1.165) is 19.5 Å². The summed E-state index contributed by atoms with van der Waals surface area (Å²) in [6.07, 6.45) is 2.52. The highest BCUT2D eigenvalue weighted by Crippen LogP contribution is 2.22. The number of nitrogens with one attached hydrogen (secondary N) is 2. The lowest BCUT2D eigenvalue weighted by Crippen LogP contribution is -2.31. The van der Waals surface area contributed by atoms with Crippen molar-refractivity contribution in [2.45, 2.75) is 6.42 Å². The predicted octanol–water partition coefficient (Wildman–Crippen LogP) is 1.63. The van der Waals surface area contributed by atoms with Crippen molar-refractivity contribution in [3.63, 3.8) is 0 Å². The maximum Gasteiger partial charge on any atom is 0.252 e. The first-order chi connectivity index (χ1) is 10.7. The van der Waals surface area contributed by atoms with Crippen molar-refractivity contribution >= 4 is 11.6 Å². The normalized spacial score (nSPS) is 17.5. The van der Waals surface area contributed by atoms with Crippen molar-refractivity contribution in [2.24, 2.45) is 5.92 Å². The van der Waals surface area contributed by atoms with Gasteiger partial charge in [-0.25, -0.2) is 0 Å². The average molecular weight is 297 g/mol. The second-order valence-electron chi connectivity index (χ2n) is 5.59. The molecule has 1 fully saturated rings. The van der Waals surface area contributed by atoms with Crippen LogP contribution < -0.4 is 15.8 Å². The van der Waals surface area contributed by atoms with Crippen LogP contribution in [0.2, 0.25) is 0 Å². The Bertz CT molecular complexity index is 676. The smallest absolute Gasteiger partial charge is 0.252 e. The largest absolute Gasteiger partial charge is 0.371 e. The van der Waals surface area contributed by atoms with Crippen LogP contribution in [0.15, 0.2) is 53.5 Å². The molecular weight excluding hydrogens is 278 g/mol. The van der Waals surface area contributed by atoms with Crippen LogP contribution in [0.25, 0.3) is 0 Å². The van der Waals surface area contributed by atoms with Gasteiger partial charge >= 0.3 is 0 Å². The third kappa shape index (κ3) is 3.36. The topological polar surface area (TPSA) is 65.2 Å². The number of pyridine rings is 1. The van der Waals surface area contributed by atoms with E-state index in [4.69, 9.17) is 0 Å². The Hall–Kier alpha value is -2.56. The van der Waals surface area contributed by atoms with E-state index in [1.54, 1.807) is 6.07 Å². The second-order valence-corrected chi connectivity index (χ2v) is 5.59. The van der Waals surface area contributed by atoms with Gasteiger partial charge in [-0.2, -0.15) is 0 Å². The molecule has 1 aromatic heterocycles. The van der Waals surface area contributed by atoms with Gasteiger partial charge in [-0.05, 0) is 30.5 Å². The summed E-state index contributed by atoms with van der Waals surface area (Å²) in [4.78, 5) is 27.9. The highest BCUT2D eigenvalue weighted by molar-refractivity contribution is 5.93.